The van der Waals surface area contributed by atoms with Crippen LogP contribution < -0.4 is 11.1 Å². The molecule has 1 aliphatic heterocycles. The van der Waals surface area contributed by atoms with E-state index in [2.05, 4.69) is 22.2 Å². The molecule has 1 aromatic carbocycles. The highest BCUT2D eigenvalue weighted by atomic mass is 32.1. The average Bonchev–Trinajstić information content (AvgIpc) is 3.52. The molecule has 33 heavy (non-hydrogen) atoms. The van der Waals surface area contributed by atoms with Crippen LogP contribution in [0.3, 0.4) is 0 Å². The van der Waals surface area contributed by atoms with Gasteiger partial charge in [-0.15, -0.1) is 11.3 Å². The van der Waals surface area contributed by atoms with Gasteiger partial charge in [0.1, 0.15) is 22.3 Å². The summed E-state index contributed by atoms with van der Waals surface area (Å²) in [6.45, 7) is 2.14. The fourth-order valence-electron chi connectivity index (χ4n) is 4.41. The van der Waals surface area contributed by atoms with Crippen LogP contribution in [-0.4, -0.2) is 28.0 Å². The molecule has 2 aromatic heterocycles. The summed E-state index contributed by atoms with van der Waals surface area (Å²) in [6.07, 6.45) is 6.03. The van der Waals surface area contributed by atoms with Crippen molar-refractivity contribution in [3.05, 3.63) is 64.9 Å². The van der Waals surface area contributed by atoms with Gasteiger partial charge in [-0.3, -0.25) is 9.78 Å². The summed E-state index contributed by atoms with van der Waals surface area (Å²) in [5, 5.41) is 4.42. The molecule has 0 radical (unpaired) electrons. The first kappa shape index (κ1) is 22.1. The number of thiazole rings is 1. The molecule has 1 saturated heterocycles. The summed E-state index contributed by atoms with van der Waals surface area (Å²) in [7, 11) is 0. The number of anilines is 1. The maximum Gasteiger partial charge on any atom is 0.275 e. The number of carbonyl (C=O) groups excluding carboxylic acids is 1. The second-order valence-corrected chi connectivity index (χ2v) is 9.60. The van der Waals surface area contributed by atoms with Crippen LogP contribution >= 0.6 is 11.3 Å². The molecule has 2 fully saturated rings. The van der Waals surface area contributed by atoms with E-state index in [4.69, 9.17) is 10.5 Å². The summed E-state index contributed by atoms with van der Waals surface area (Å²) in [6, 6.07) is 5.43. The maximum absolute atomic E-state index is 14.1. The Hall–Kier alpha value is -2.75. The quantitative estimate of drug-likeness (QED) is 0.551. The van der Waals surface area contributed by atoms with Gasteiger partial charge < -0.3 is 15.8 Å². The number of amides is 1. The Balaban J connectivity index is 1.37. The smallest absolute Gasteiger partial charge is 0.275 e. The topological polar surface area (TPSA) is 90.1 Å². The zero-order valence-corrected chi connectivity index (χ0v) is 18.8. The lowest BCUT2D eigenvalue weighted by molar-refractivity contribution is -0.0988. The van der Waals surface area contributed by atoms with Crippen LogP contribution in [0.5, 0.6) is 0 Å². The van der Waals surface area contributed by atoms with Gasteiger partial charge in [-0.05, 0) is 49.3 Å². The Bertz CT molecular complexity index is 1160. The monoisotopic (exact) mass is 470 g/mol. The molecule has 3 N–H and O–H groups in total. The number of ether oxygens (including phenoxy) is 1. The molecule has 4 atom stereocenters. The molecule has 3 aromatic rings. The fraction of sp³-hybridized carbons (Fsp3) is 0.375. The highest BCUT2D eigenvalue weighted by molar-refractivity contribution is 7.13. The molecular weight excluding hydrogens is 446 g/mol. The van der Waals surface area contributed by atoms with Crippen LogP contribution in [0.15, 0.2) is 42.0 Å². The highest BCUT2D eigenvalue weighted by Gasteiger charge is 2.43. The van der Waals surface area contributed by atoms with Crippen molar-refractivity contribution >= 4 is 22.9 Å². The summed E-state index contributed by atoms with van der Waals surface area (Å²) >= 11 is 1.00. The molecule has 172 valence electrons. The molecule has 1 amide bonds. The molecule has 9 heteroatoms. The molecule has 2 aliphatic rings. The number of carbonyl (C=O) groups is 1. The minimum Gasteiger partial charge on any atom is -0.370 e. The van der Waals surface area contributed by atoms with Gasteiger partial charge in [0, 0.05) is 23.2 Å². The molecule has 0 bridgehead atoms. The third-order valence-electron chi connectivity index (χ3n) is 6.45. The summed E-state index contributed by atoms with van der Waals surface area (Å²) in [5.41, 5.74) is 7.58. The van der Waals surface area contributed by atoms with Crippen molar-refractivity contribution in [2.75, 3.05) is 5.32 Å². The lowest BCUT2D eigenvalue weighted by Gasteiger charge is -2.40. The van der Waals surface area contributed by atoms with Gasteiger partial charge >= 0.3 is 0 Å². The minimum absolute atomic E-state index is 0.00262. The first-order valence-electron chi connectivity index (χ1n) is 11.0. The first-order valence-corrected chi connectivity index (χ1v) is 11.9. The number of halogens is 2. The zero-order valence-electron chi connectivity index (χ0n) is 18.0. The number of nitrogens with zero attached hydrogens (tertiary/aromatic N) is 2. The van der Waals surface area contributed by atoms with Gasteiger partial charge in [0.2, 0.25) is 0 Å². The van der Waals surface area contributed by atoms with E-state index < -0.39 is 17.5 Å². The van der Waals surface area contributed by atoms with Crippen molar-refractivity contribution < 1.29 is 18.3 Å². The number of nitrogens with one attached hydrogen (secondary N) is 1. The predicted molar refractivity (Wildman–Crippen MR) is 122 cm³/mol. The zero-order chi connectivity index (χ0) is 23.1. The van der Waals surface area contributed by atoms with Crippen molar-refractivity contribution in [1.29, 1.82) is 0 Å². The molecular formula is C24H24F2N4O2S. The lowest BCUT2D eigenvalue weighted by atomic mass is 9.84. The second kappa shape index (κ2) is 8.89. The largest absolute Gasteiger partial charge is 0.370 e. The number of hydrogen-bond acceptors (Lipinski definition) is 6. The Labute approximate surface area is 194 Å². The molecule has 5 rings (SSSR count). The summed E-state index contributed by atoms with van der Waals surface area (Å²) < 4.78 is 34.6. The van der Waals surface area contributed by atoms with Crippen LogP contribution in [-0.2, 0) is 4.74 Å². The predicted octanol–water partition coefficient (Wildman–Crippen LogP) is 4.94. The van der Waals surface area contributed by atoms with Gasteiger partial charge in [-0.25, -0.2) is 13.8 Å². The van der Waals surface area contributed by atoms with Crippen molar-refractivity contribution in [3.8, 4) is 10.6 Å². The Morgan fingerprint density at radius 1 is 1.24 bits per heavy atom. The van der Waals surface area contributed by atoms with Crippen molar-refractivity contribution in [2.45, 2.75) is 44.4 Å². The minimum atomic E-state index is -0.726. The third-order valence-corrected chi connectivity index (χ3v) is 7.31. The molecule has 1 aliphatic carbocycles. The van der Waals surface area contributed by atoms with Crippen LogP contribution in [0.2, 0.25) is 0 Å². The second-order valence-electron chi connectivity index (χ2n) is 8.74. The van der Waals surface area contributed by atoms with E-state index >= 15 is 0 Å². The van der Waals surface area contributed by atoms with E-state index in [0.29, 0.717) is 18.0 Å². The number of hydrogen-bond donors (Lipinski definition) is 2. The van der Waals surface area contributed by atoms with Crippen molar-refractivity contribution in [1.82, 2.24) is 9.97 Å². The SMILES string of the molecule is CC1C(N)CC(c2ccncc2NC(=O)c2csc(-c3c(F)cccc3F)n2)OC1C1CC1. The number of pyridine rings is 1. The molecule has 0 spiro atoms. The van der Waals surface area contributed by atoms with Crippen molar-refractivity contribution in [2.24, 2.45) is 17.6 Å². The van der Waals surface area contributed by atoms with Gasteiger partial charge in [0.25, 0.3) is 5.91 Å². The number of rotatable bonds is 5. The summed E-state index contributed by atoms with van der Waals surface area (Å²) in [4.78, 5) is 21.2. The van der Waals surface area contributed by atoms with E-state index in [1.54, 1.807) is 12.4 Å². The van der Waals surface area contributed by atoms with Crippen LogP contribution in [0, 0.1) is 23.5 Å². The van der Waals surface area contributed by atoms with Gasteiger partial charge in [0.15, 0.2) is 0 Å². The van der Waals surface area contributed by atoms with Crippen molar-refractivity contribution in [3.63, 3.8) is 0 Å². The number of benzene rings is 1. The lowest BCUT2D eigenvalue weighted by Crippen LogP contribution is -2.45. The number of aromatic nitrogens is 2. The van der Waals surface area contributed by atoms with Crippen LogP contribution in [0.4, 0.5) is 14.5 Å². The molecule has 3 heterocycles. The third kappa shape index (κ3) is 4.40. The standard InChI is InChI=1S/C24H24F2N4O2S/c1-12-17(27)9-20(32-22(12)13-5-6-13)14-7-8-28-10-18(14)29-23(31)19-11-33-24(30-19)21-15(25)3-2-4-16(21)26/h2-4,7-8,10-13,17,20,22H,5-6,9,27H2,1H3,(H,29,31). The van der Waals surface area contributed by atoms with E-state index in [9.17, 15) is 13.6 Å². The summed E-state index contributed by atoms with van der Waals surface area (Å²) in [5.74, 6) is -1.12. The Morgan fingerprint density at radius 3 is 2.73 bits per heavy atom. The molecule has 6 nitrogen and oxygen atoms in total. The van der Waals surface area contributed by atoms with E-state index in [0.717, 1.165) is 41.9 Å². The van der Waals surface area contributed by atoms with Gasteiger partial charge in [-0.1, -0.05) is 13.0 Å². The average molecular weight is 471 g/mol. The highest BCUT2D eigenvalue weighted by Crippen LogP contribution is 2.45. The fourth-order valence-corrected chi connectivity index (χ4v) is 5.26. The maximum atomic E-state index is 14.1. The normalized spacial score (nSPS) is 25.1. The number of nitrogens with two attached hydrogens (primary N) is 1. The first-order chi connectivity index (χ1) is 15.9. The van der Waals surface area contributed by atoms with Gasteiger partial charge in [-0.2, -0.15) is 0 Å². The van der Waals surface area contributed by atoms with E-state index in [-0.39, 0.29) is 40.4 Å². The Morgan fingerprint density at radius 2 is 2.00 bits per heavy atom. The van der Waals surface area contributed by atoms with Crippen LogP contribution in [0.25, 0.3) is 10.6 Å². The van der Waals surface area contributed by atoms with E-state index in [1.807, 2.05) is 6.07 Å². The van der Waals surface area contributed by atoms with Gasteiger partial charge in [0.05, 0.1) is 29.7 Å². The molecule has 1 saturated carbocycles. The van der Waals surface area contributed by atoms with E-state index in [1.165, 1.54) is 11.4 Å². The Kier molecular flexibility index (Phi) is 5.94. The van der Waals surface area contributed by atoms with Crippen LogP contribution in [0.1, 0.15) is 48.3 Å². The molecule has 4 unspecified atom stereocenters.